The molecular weight excluding hydrogens is 462 g/mol. The zero-order valence-corrected chi connectivity index (χ0v) is 17.6. The molecule has 29 heavy (non-hydrogen) atoms. The van der Waals surface area contributed by atoms with Crippen LogP contribution in [0.5, 0.6) is 0 Å². The molecule has 0 radical (unpaired) electrons. The second-order valence-corrected chi connectivity index (χ2v) is 7.79. The quantitative estimate of drug-likeness (QED) is 0.499. The van der Waals surface area contributed by atoms with Crippen LogP contribution in [-0.4, -0.2) is 36.1 Å². The molecule has 0 unspecified atom stereocenters. The Morgan fingerprint density at radius 2 is 1.69 bits per heavy atom. The molecule has 2 amide bonds. The fourth-order valence-corrected chi connectivity index (χ4v) is 3.83. The summed E-state index contributed by atoms with van der Waals surface area (Å²) in [5.41, 5.74) is 0.893. The van der Waals surface area contributed by atoms with E-state index in [1.807, 2.05) is 0 Å². The summed E-state index contributed by atoms with van der Waals surface area (Å²) in [6.45, 7) is 1.80. The molecule has 0 spiro atoms. The first-order valence-corrected chi connectivity index (χ1v) is 10.0. The molecule has 2 aromatic carbocycles. The van der Waals surface area contributed by atoms with Crippen LogP contribution in [0.2, 0.25) is 5.02 Å². The summed E-state index contributed by atoms with van der Waals surface area (Å²) in [4.78, 5) is 40.0. The number of benzene rings is 2. The minimum absolute atomic E-state index is 0.0789. The minimum Gasteiger partial charge on any atom is -0.461 e. The number of nitrogens with zero attached hydrogens (tertiary/aromatic N) is 3. The molecule has 2 heterocycles. The van der Waals surface area contributed by atoms with Gasteiger partial charge in [-0.25, -0.2) is 9.69 Å². The predicted molar refractivity (Wildman–Crippen MR) is 112 cm³/mol. The van der Waals surface area contributed by atoms with E-state index in [1.54, 1.807) is 55.5 Å². The summed E-state index contributed by atoms with van der Waals surface area (Å²) in [5.74, 6) is -2.72. The van der Waals surface area contributed by atoms with E-state index >= 15 is 0 Å². The Balaban J connectivity index is 1.78. The maximum absolute atomic E-state index is 13.3. The molecular formula is C20H15BrClN3O4. The van der Waals surface area contributed by atoms with Gasteiger partial charge in [0.05, 0.1) is 18.0 Å². The molecule has 0 aliphatic carbocycles. The number of rotatable bonds is 4. The number of esters is 1. The van der Waals surface area contributed by atoms with Gasteiger partial charge in [0.2, 0.25) is 5.91 Å². The number of fused-ring (bicyclic) bond motifs is 1. The summed E-state index contributed by atoms with van der Waals surface area (Å²) in [7, 11) is 0. The molecule has 0 saturated carbocycles. The fourth-order valence-electron chi connectivity index (χ4n) is 3.44. The smallest absolute Gasteiger partial charge is 0.355 e. The van der Waals surface area contributed by atoms with Gasteiger partial charge in [0, 0.05) is 9.50 Å². The molecule has 7 nitrogen and oxygen atoms in total. The zero-order valence-electron chi connectivity index (χ0n) is 15.2. The first-order valence-electron chi connectivity index (χ1n) is 8.86. The van der Waals surface area contributed by atoms with Gasteiger partial charge in [0.15, 0.2) is 5.71 Å². The summed E-state index contributed by atoms with van der Waals surface area (Å²) < 4.78 is 5.89. The number of hydrazone groups is 1. The summed E-state index contributed by atoms with van der Waals surface area (Å²) in [6.07, 6.45) is 0. The Morgan fingerprint density at radius 3 is 2.31 bits per heavy atom. The number of carbonyl (C=O) groups excluding carboxylic acids is 3. The van der Waals surface area contributed by atoms with Crippen molar-refractivity contribution in [3.8, 4) is 0 Å². The number of anilines is 2. The monoisotopic (exact) mass is 475 g/mol. The Hall–Kier alpha value is -2.71. The van der Waals surface area contributed by atoms with Gasteiger partial charge in [-0.05, 0) is 55.5 Å². The highest BCUT2D eigenvalue weighted by Gasteiger charge is 2.59. The van der Waals surface area contributed by atoms with Crippen LogP contribution in [0.3, 0.4) is 0 Å². The van der Waals surface area contributed by atoms with Gasteiger partial charge in [0.25, 0.3) is 5.91 Å². The van der Waals surface area contributed by atoms with Crippen LogP contribution in [0, 0.1) is 5.92 Å². The summed E-state index contributed by atoms with van der Waals surface area (Å²) >= 11 is 9.29. The molecule has 0 N–H and O–H groups in total. The minimum atomic E-state index is -1.04. The van der Waals surface area contributed by atoms with Crippen LogP contribution in [0.25, 0.3) is 0 Å². The largest absolute Gasteiger partial charge is 0.461 e. The van der Waals surface area contributed by atoms with Crippen LogP contribution >= 0.6 is 27.5 Å². The Kier molecular flexibility index (Phi) is 5.14. The molecule has 2 aliphatic heterocycles. The first kappa shape index (κ1) is 19.6. The van der Waals surface area contributed by atoms with E-state index in [-0.39, 0.29) is 12.3 Å². The Morgan fingerprint density at radius 1 is 1.07 bits per heavy atom. The molecule has 1 saturated heterocycles. The third kappa shape index (κ3) is 3.32. The average molecular weight is 477 g/mol. The van der Waals surface area contributed by atoms with Crippen molar-refractivity contribution in [3.05, 3.63) is 58.0 Å². The van der Waals surface area contributed by atoms with Gasteiger partial charge in [-0.15, -0.1) is 0 Å². The second kappa shape index (κ2) is 7.61. The molecule has 9 heteroatoms. The maximum Gasteiger partial charge on any atom is 0.355 e. The number of carbonyl (C=O) groups is 3. The third-order valence-corrected chi connectivity index (χ3v) is 5.49. The number of imide groups is 1. The highest BCUT2D eigenvalue weighted by Crippen LogP contribution is 2.38. The van der Waals surface area contributed by atoms with Gasteiger partial charge >= 0.3 is 5.97 Å². The van der Waals surface area contributed by atoms with E-state index in [4.69, 9.17) is 16.3 Å². The lowest BCUT2D eigenvalue weighted by molar-refractivity contribution is -0.136. The van der Waals surface area contributed by atoms with Crippen molar-refractivity contribution in [2.75, 3.05) is 16.5 Å². The molecule has 148 valence electrons. The van der Waals surface area contributed by atoms with E-state index in [9.17, 15) is 14.4 Å². The molecule has 2 atom stereocenters. The normalized spacial score (nSPS) is 20.7. The lowest BCUT2D eigenvalue weighted by atomic mass is 9.98. The average Bonchev–Trinajstić information content (AvgIpc) is 3.21. The lowest BCUT2D eigenvalue weighted by Gasteiger charge is -2.22. The number of halogens is 2. The summed E-state index contributed by atoms with van der Waals surface area (Å²) in [6, 6.07) is 12.5. The third-order valence-electron chi connectivity index (χ3n) is 4.71. The van der Waals surface area contributed by atoms with Gasteiger partial charge in [-0.1, -0.05) is 27.5 Å². The molecule has 0 bridgehead atoms. The van der Waals surface area contributed by atoms with Crippen molar-refractivity contribution in [3.63, 3.8) is 0 Å². The maximum atomic E-state index is 13.3. The molecule has 1 fully saturated rings. The van der Waals surface area contributed by atoms with Crippen LogP contribution in [-0.2, 0) is 19.1 Å². The zero-order chi connectivity index (χ0) is 20.7. The second-order valence-electron chi connectivity index (χ2n) is 6.44. The van der Waals surface area contributed by atoms with Crippen molar-refractivity contribution in [2.24, 2.45) is 11.0 Å². The number of amides is 2. The van der Waals surface area contributed by atoms with Gasteiger partial charge in [0.1, 0.15) is 12.0 Å². The summed E-state index contributed by atoms with van der Waals surface area (Å²) in [5, 5.41) is 6.20. The van der Waals surface area contributed by atoms with Crippen molar-refractivity contribution >= 4 is 62.4 Å². The van der Waals surface area contributed by atoms with E-state index in [1.165, 1.54) is 5.01 Å². The number of hydrogen-bond acceptors (Lipinski definition) is 6. The standard InChI is InChI=1S/C20H15BrClN3O4/c1-2-29-20(28)16-15-17(25(23-16)14-9-5-12(22)6-10-14)19(27)24(18(15)26)13-7-3-11(21)4-8-13/h3-10,15,17H,2H2,1H3/t15-,17+/m1/s1. The Labute approximate surface area is 180 Å². The lowest BCUT2D eigenvalue weighted by Crippen LogP contribution is -2.39. The van der Waals surface area contributed by atoms with E-state index < -0.39 is 29.7 Å². The van der Waals surface area contributed by atoms with Gasteiger partial charge in [-0.2, -0.15) is 5.10 Å². The molecule has 4 rings (SSSR count). The van der Waals surface area contributed by atoms with Crippen LogP contribution in [0.15, 0.2) is 58.1 Å². The van der Waals surface area contributed by atoms with Crippen LogP contribution in [0.1, 0.15) is 6.92 Å². The van der Waals surface area contributed by atoms with Crippen molar-refractivity contribution in [1.29, 1.82) is 0 Å². The van der Waals surface area contributed by atoms with Crippen LogP contribution < -0.4 is 9.91 Å². The topological polar surface area (TPSA) is 79.3 Å². The Bertz CT molecular complexity index is 1020. The molecule has 0 aromatic heterocycles. The highest BCUT2D eigenvalue weighted by atomic mass is 79.9. The number of ether oxygens (including phenoxy) is 1. The van der Waals surface area contributed by atoms with Crippen LogP contribution in [0.4, 0.5) is 11.4 Å². The molecule has 2 aliphatic rings. The van der Waals surface area contributed by atoms with Crippen molar-refractivity contribution in [2.45, 2.75) is 13.0 Å². The van der Waals surface area contributed by atoms with Gasteiger partial charge < -0.3 is 4.74 Å². The van der Waals surface area contributed by atoms with Gasteiger partial charge in [-0.3, -0.25) is 14.6 Å². The van der Waals surface area contributed by atoms with Crippen molar-refractivity contribution in [1.82, 2.24) is 0 Å². The van der Waals surface area contributed by atoms with Crippen molar-refractivity contribution < 1.29 is 19.1 Å². The molecule has 2 aromatic rings. The first-order chi connectivity index (χ1) is 13.9. The van der Waals surface area contributed by atoms with E-state index in [0.717, 1.165) is 9.37 Å². The SMILES string of the molecule is CCOC(=O)C1=NN(c2ccc(Cl)cc2)[C@@H]2C(=O)N(c3ccc(Br)cc3)C(=O)[C@H]12. The predicted octanol–water partition coefficient (Wildman–Crippen LogP) is 3.40. The fraction of sp³-hybridized carbons (Fsp3) is 0.200. The highest BCUT2D eigenvalue weighted by molar-refractivity contribution is 9.10. The van der Waals surface area contributed by atoms with E-state index in [2.05, 4.69) is 21.0 Å². The van der Waals surface area contributed by atoms with E-state index in [0.29, 0.717) is 16.4 Å². The number of hydrogen-bond donors (Lipinski definition) is 0.